The summed E-state index contributed by atoms with van der Waals surface area (Å²) >= 11 is 4.83. The number of anilines is 1. The van der Waals surface area contributed by atoms with Gasteiger partial charge in [-0.05, 0) is 24.6 Å². The number of carbonyl (C=O) groups is 1. The number of benzene rings is 1. The van der Waals surface area contributed by atoms with Gasteiger partial charge in [-0.2, -0.15) is 5.10 Å². The van der Waals surface area contributed by atoms with Gasteiger partial charge < -0.3 is 11.1 Å². The lowest BCUT2D eigenvalue weighted by atomic mass is 10.1. The molecule has 0 atom stereocenters. The number of nitrogens with zero attached hydrogens (tertiary/aromatic N) is 1. The first kappa shape index (κ1) is 13.2. The van der Waals surface area contributed by atoms with Crippen LogP contribution in [-0.4, -0.2) is 21.1 Å². The number of amides is 1. The highest BCUT2D eigenvalue weighted by Gasteiger charge is 2.14. The third-order valence-electron chi connectivity index (χ3n) is 2.59. The van der Waals surface area contributed by atoms with E-state index in [0.717, 1.165) is 0 Å². The van der Waals surface area contributed by atoms with Crippen LogP contribution in [-0.2, 0) is 0 Å². The van der Waals surface area contributed by atoms with E-state index in [2.05, 4.69) is 15.5 Å². The standard InChI is InChI=1S/C12H11FN4OS/c1-6-2-3-7(13)4-8(6)12(18)16-11-9(10(14)19)5-15-17-11/h2-5H,1H3,(H2,14,19)(H2,15,16,17,18). The molecule has 0 aliphatic heterocycles. The molecule has 0 spiro atoms. The van der Waals surface area contributed by atoms with Gasteiger partial charge in [0.1, 0.15) is 16.6 Å². The molecule has 0 saturated carbocycles. The average molecular weight is 278 g/mol. The Morgan fingerprint density at radius 2 is 2.21 bits per heavy atom. The van der Waals surface area contributed by atoms with Crippen LogP contribution in [0.15, 0.2) is 24.4 Å². The fraction of sp³-hybridized carbons (Fsp3) is 0.0833. The number of rotatable bonds is 3. The Balaban J connectivity index is 2.28. The lowest BCUT2D eigenvalue weighted by molar-refractivity contribution is 0.102. The van der Waals surface area contributed by atoms with E-state index in [1.54, 1.807) is 6.92 Å². The van der Waals surface area contributed by atoms with E-state index in [9.17, 15) is 9.18 Å². The molecule has 0 radical (unpaired) electrons. The van der Waals surface area contributed by atoms with Crippen molar-refractivity contribution in [2.24, 2.45) is 5.73 Å². The molecule has 1 amide bonds. The van der Waals surface area contributed by atoms with Crippen molar-refractivity contribution in [3.8, 4) is 0 Å². The Hall–Kier alpha value is -2.28. The number of aryl methyl sites for hydroxylation is 1. The normalized spacial score (nSPS) is 10.2. The summed E-state index contributed by atoms with van der Waals surface area (Å²) in [6, 6.07) is 4.00. The minimum Gasteiger partial charge on any atom is -0.389 e. The Morgan fingerprint density at radius 1 is 1.47 bits per heavy atom. The molecule has 0 bridgehead atoms. The van der Waals surface area contributed by atoms with Crippen LogP contribution in [0.4, 0.5) is 10.2 Å². The van der Waals surface area contributed by atoms with Gasteiger partial charge in [0.15, 0.2) is 0 Å². The van der Waals surface area contributed by atoms with Gasteiger partial charge in [0.2, 0.25) is 0 Å². The highest BCUT2D eigenvalue weighted by Crippen LogP contribution is 2.15. The van der Waals surface area contributed by atoms with Gasteiger partial charge in [0.05, 0.1) is 11.8 Å². The van der Waals surface area contributed by atoms with Crippen molar-refractivity contribution in [1.29, 1.82) is 0 Å². The Morgan fingerprint density at radius 3 is 2.89 bits per heavy atom. The molecule has 0 saturated heterocycles. The summed E-state index contributed by atoms with van der Waals surface area (Å²) in [5.41, 5.74) is 6.82. The number of thiocarbonyl (C=S) groups is 1. The van der Waals surface area contributed by atoms with E-state index in [-0.39, 0.29) is 10.6 Å². The number of nitrogens with two attached hydrogens (primary N) is 1. The monoisotopic (exact) mass is 278 g/mol. The molecule has 2 rings (SSSR count). The van der Waals surface area contributed by atoms with Crippen LogP contribution in [0.25, 0.3) is 0 Å². The molecule has 1 aromatic heterocycles. The van der Waals surface area contributed by atoms with Crippen LogP contribution in [0.3, 0.4) is 0 Å². The van der Waals surface area contributed by atoms with Crippen LogP contribution in [0.1, 0.15) is 21.5 Å². The van der Waals surface area contributed by atoms with E-state index < -0.39 is 11.7 Å². The van der Waals surface area contributed by atoms with Crippen LogP contribution < -0.4 is 11.1 Å². The van der Waals surface area contributed by atoms with Crippen molar-refractivity contribution < 1.29 is 9.18 Å². The predicted molar refractivity (Wildman–Crippen MR) is 73.6 cm³/mol. The zero-order valence-corrected chi connectivity index (χ0v) is 10.8. The van der Waals surface area contributed by atoms with Gasteiger partial charge in [-0.15, -0.1) is 0 Å². The second kappa shape index (κ2) is 5.15. The summed E-state index contributed by atoms with van der Waals surface area (Å²) in [5, 5.41) is 8.89. The minimum atomic E-state index is -0.477. The van der Waals surface area contributed by atoms with Gasteiger partial charge in [0.25, 0.3) is 5.91 Å². The lowest BCUT2D eigenvalue weighted by Gasteiger charge is -2.07. The molecular formula is C12H11FN4OS. The van der Waals surface area contributed by atoms with Gasteiger partial charge >= 0.3 is 0 Å². The zero-order valence-electron chi connectivity index (χ0n) is 10.0. The molecule has 2 aromatic rings. The number of aromatic amines is 1. The van der Waals surface area contributed by atoms with Gasteiger partial charge in [-0.25, -0.2) is 4.39 Å². The molecule has 1 heterocycles. The maximum atomic E-state index is 13.2. The minimum absolute atomic E-state index is 0.111. The number of hydrogen-bond donors (Lipinski definition) is 3. The zero-order chi connectivity index (χ0) is 14.0. The van der Waals surface area contributed by atoms with Crippen LogP contribution >= 0.6 is 12.2 Å². The van der Waals surface area contributed by atoms with E-state index in [1.165, 1.54) is 24.4 Å². The van der Waals surface area contributed by atoms with Crippen LogP contribution in [0.5, 0.6) is 0 Å². The third kappa shape index (κ3) is 2.76. The maximum absolute atomic E-state index is 13.2. The summed E-state index contributed by atoms with van der Waals surface area (Å²) in [6.07, 6.45) is 1.41. The SMILES string of the molecule is Cc1ccc(F)cc1C(=O)Nc1[nH]ncc1C(N)=S. The molecule has 0 aliphatic carbocycles. The highest BCUT2D eigenvalue weighted by atomic mass is 32.1. The molecule has 0 aliphatic rings. The fourth-order valence-electron chi connectivity index (χ4n) is 1.59. The molecule has 7 heteroatoms. The van der Waals surface area contributed by atoms with E-state index >= 15 is 0 Å². The first-order valence-corrected chi connectivity index (χ1v) is 5.80. The molecule has 19 heavy (non-hydrogen) atoms. The van der Waals surface area contributed by atoms with E-state index in [0.29, 0.717) is 16.9 Å². The summed E-state index contributed by atoms with van der Waals surface area (Å²) in [7, 11) is 0. The van der Waals surface area contributed by atoms with E-state index in [1.807, 2.05) is 0 Å². The smallest absolute Gasteiger partial charge is 0.257 e. The fourth-order valence-corrected chi connectivity index (χ4v) is 1.74. The Bertz CT molecular complexity index is 653. The Labute approximate surface area is 114 Å². The van der Waals surface area contributed by atoms with Crippen LogP contribution in [0, 0.1) is 12.7 Å². The molecule has 98 valence electrons. The van der Waals surface area contributed by atoms with Crippen molar-refractivity contribution in [2.45, 2.75) is 6.92 Å². The molecule has 4 N–H and O–H groups in total. The first-order chi connectivity index (χ1) is 8.99. The van der Waals surface area contributed by atoms with Crippen LogP contribution in [0.2, 0.25) is 0 Å². The number of hydrogen-bond acceptors (Lipinski definition) is 3. The van der Waals surface area contributed by atoms with Crippen molar-refractivity contribution in [2.75, 3.05) is 5.32 Å². The largest absolute Gasteiger partial charge is 0.389 e. The lowest BCUT2D eigenvalue weighted by Crippen LogP contribution is -2.18. The second-order valence-electron chi connectivity index (χ2n) is 3.94. The Kier molecular flexibility index (Phi) is 3.57. The van der Waals surface area contributed by atoms with E-state index in [4.69, 9.17) is 18.0 Å². The highest BCUT2D eigenvalue weighted by molar-refractivity contribution is 7.80. The summed E-state index contributed by atoms with van der Waals surface area (Å²) in [4.78, 5) is 12.2. The summed E-state index contributed by atoms with van der Waals surface area (Å²) < 4.78 is 13.2. The van der Waals surface area contributed by atoms with Crippen molar-refractivity contribution in [1.82, 2.24) is 10.2 Å². The number of H-pyrrole nitrogens is 1. The molecule has 0 unspecified atom stereocenters. The second-order valence-corrected chi connectivity index (χ2v) is 4.38. The topological polar surface area (TPSA) is 83.8 Å². The number of halogens is 1. The van der Waals surface area contributed by atoms with Gasteiger partial charge in [-0.1, -0.05) is 18.3 Å². The van der Waals surface area contributed by atoms with Gasteiger partial charge in [-0.3, -0.25) is 9.89 Å². The maximum Gasteiger partial charge on any atom is 0.257 e. The number of carbonyl (C=O) groups excluding carboxylic acids is 1. The predicted octanol–water partition coefficient (Wildman–Crippen LogP) is 1.74. The molecule has 1 aromatic carbocycles. The first-order valence-electron chi connectivity index (χ1n) is 5.39. The van der Waals surface area contributed by atoms with Gasteiger partial charge in [0, 0.05) is 5.56 Å². The number of nitrogens with one attached hydrogen (secondary N) is 2. The molecular weight excluding hydrogens is 267 g/mol. The molecule has 5 nitrogen and oxygen atoms in total. The third-order valence-corrected chi connectivity index (χ3v) is 2.81. The van der Waals surface area contributed by atoms with Crippen molar-refractivity contribution in [3.63, 3.8) is 0 Å². The van der Waals surface area contributed by atoms with Crippen molar-refractivity contribution >= 4 is 28.9 Å². The number of aromatic nitrogens is 2. The average Bonchev–Trinajstić information content (AvgIpc) is 2.80. The molecule has 0 fully saturated rings. The summed E-state index contributed by atoms with van der Waals surface area (Å²) in [5.74, 6) is -0.644. The quantitative estimate of drug-likeness (QED) is 0.747. The summed E-state index contributed by atoms with van der Waals surface area (Å²) in [6.45, 7) is 1.72. The van der Waals surface area contributed by atoms with Crippen molar-refractivity contribution in [3.05, 3.63) is 46.9 Å².